The minimum Gasteiger partial charge on any atom is -0.398 e. The third-order valence-corrected chi connectivity index (χ3v) is 13.9. The summed E-state index contributed by atoms with van der Waals surface area (Å²) >= 11 is 0. The normalized spacial score (nSPS) is 11.6. The molecule has 6 aromatic carbocycles. The first kappa shape index (κ1) is 54.2. The molecule has 0 bridgehead atoms. The average Bonchev–Trinajstić information content (AvgIpc) is 4.08. The zero-order valence-corrected chi connectivity index (χ0v) is 48.1. The standard InChI is InChI=1S/C20H18N4O.2C20H16N3O.2Y/c1-10-6-7-14-12(8-10)9-15-17(14)18(23-24-19(15)20(22)25)13-4-3-5-16(21)11(13)2;2*1-11-7-8-15-13(9-11)10-16-17(15)18(22-23-19(16)20(21)24)14-6-4-3-5-12(14)2;;/h3-8H,9,21H2,1-2H3,(H2,22,25);2*3-4,6-9H,10H2,1-2H3,(H2,21,24);;/q;2*-1;;. The third-order valence-electron chi connectivity index (χ3n) is 13.9. The van der Waals surface area contributed by atoms with Crippen LogP contribution in [0.3, 0.4) is 0 Å². The van der Waals surface area contributed by atoms with Crippen LogP contribution in [0.5, 0.6) is 0 Å². The second-order valence-corrected chi connectivity index (χ2v) is 18.8. The van der Waals surface area contributed by atoms with Gasteiger partial charge in [0.15, 0.2) is 17.1 Å². The van der Waals surface area contributed by atoms with Crippen molar-refractivity contribution in [2.24, 2.45) is 17.2 Å². The number of fused-ring (bicyclic) bond motifs is 9. The van der Waals surface area contributed by atoms with Crippen LogP contribution in [-0.2, 0) is 84.7 Å². The van der Waals surface area contributed by atoms with Gasteiger partial charge in [0, 0.05) is 124 Å². The molecule has 366 valence electrons. The second-order valence-electron chi connectivity index (χ2n) is 18.8. The number of primary amides is 3. The number of amides is 3. The first-order chi connectivity index (χ1) is 35.1. The molecule has 0 aliphatic heterocycles. The number of carbonyl (C=O) groups excluding carboxylic acids is 3. The van der Waals surface area contributed by atoms with E-state index in [0.717, 1.165) is 106 Å². The molecule has 3 amide bonds. The number of nitrogens with two attached hydrogens (primary N) is 4. The number of rotatable bonds is 6. The van der Waals surface area contributed by atoms with E-state index in [-0.39, 0.29) is 82.5 Å². The predicted octanol–water partition coefficient (Wildman–Crippen LogP) is 9.47. The molecule has 3 aliphatic rings. The summed E-state index contributed by atoms with van der Waals surface area (Å²) in [4.78, 5) is 35.5. The number of carbonyl (C=O) groups is 3. The maximum absolute atomic E-state index is 11.8. The zero-order chi connectivity index (χ0) is 51.4. The van der Waals surface area contributed by atoms with Crippen LogP contribution >= 0.6 is 0 Å². The van der Waals surface area contributed by atoms with Gasteiger partial charge in [-0.05, 0) is 89.4 Å². The maximum Gasteiger partial charge on any atom is 0.269 e. The van der Waals surface area contributed by atoms with Crippen molar-refractivity contribution in [3.8, 4) is 67.2 Å². The van der Waals surface area contributed by atoms with Crippen LogP contribution in [0.4, 0.5) is 5.69 Å². The van der Waals surface area contributed by atoms with Gasteiger partial charge in [-0.2, -0.15) is 69.9 Å². The molecule has 9 aromatic rings. The van der Waals surface area contributed by atoms with Crippen molar-refractivity contribution in [3.05, 3.63) is 205 Å². The number of nitrogens with zero attached hydrogens (tertiary/aromatic N) is 6. The summed E-state index contributed by atoms with van der Waals surface area (Å²) in [7, 11) is 0. The first-order valence-electron chi connectivity index (χ1n) is 23.8. The molecule has 8 N–H and O–H groups in total. The Morgan fingerprint density at radius 3 is 1.09 bits per heavy atom. The molecule has 0 unspecified atom stereocenters. The van der Waals surface area contributed by atoms with Crippen LogP contribution in [-0.4, -0.2) is 48.3 Å². The van der Waals surface area contributed by atoms with Gasteiger partial charge in [-0.25, -0.2) is 0 Å². The van der Waals surface area contributed by atoms with E-state index >= 15 is 0 Å². The molecule has 0 spiro atoms. The number of nitrogen functional groups attached to an aromatic ring is 1. The first-order valence-corrected chi connectivity index (χ1v) is 23.8. The van der Waals surface area contributed by atoms with Crippen molar-refractivity contribution >= 4 is 23.4 Å². The number of anilines is 1. The van der Waals surface area contributed by atoms with Gasteiger partial charge in [0.2, 0.25) is 0 Å². The van der Waals surface area contributed by atoms with E-state index in [1.54, 1.807) is 0 Å². The fraction of sp³-hybridized carbons (Fsp3) is 0.150. The van der Waals surface area contributed by atoms with Crippen LogP contribution in [0.2, 0.25) is 0 Å². The van der Waals surface area contributed by atoms with Gasteiger partial charge >= 0.3 is 0 Å². The van der Waals surface area contributed by atoms with E-state index in [1.165, 1.54) is 27.8 Å². The van der Waals surface area contributed by atoms with Gasteiger partial charge in [0.1, 0.15) is 5.69 Å². The Kier molecular flexibility index (Phi) is 16.0. The monoisotopic (exact) mass is 1140 g/mol. The molecule has 2 radical (unpaired) electrons. The Morgan fingerprint density at radius 1 is 0.427 bits per heavy atom. The number of benzene rings is 6. The molecule has 0 saturated carbocycles. The van der Waals surface area contributed by atoms with E-state index in [1.807, 2.05) is 75.4 Å². The van der Waals surface area contributed by atoms with Crippen molar-refractivity contribution in [2.45, 2.75) is 60.8 Å². The van der Waals surface area contributed by atoms with Crippen LogP contribution < -0.4 is 22.9 Å². The molecule has 12 rings (SSSR count). The van der Waals surface area contributed by atoms with Crippen molar-refractivity contribution in [2.75, 3.05) is 5.73 Å². The van der Waals surface area contributed by atoms with Crippen molar-refractivity contribution in [1.82, 2.24) is 30.6 Å². The van der Waals surface area contributed by atoms with Gasteiger partial charge < -0.3 is 22.9 Å². The van der Waals surface area contributed by atoms with Gasteiger partial charge in [-0.3, -0.25) is 14.4 Å². The quantitative estimate of drug-likeness (QED) is 0.0910. The summed E-state index contributed by atoms with van der Waals surface area (Å²) < 4.78 is 0. The Hall–Kier alpha value is -7.02. The Bertz CT molecular complexity index is 3660. The fourth-order valence-electron chi connectivity index (χ4n) is 10.3. The van der Waals surface area contributed by atoms with E-state index < -0.39 is 17.7 Å². The molecule has 13 nitrogen and oxygen atoms in total. The second kappa shape index (κ2) is 22.1. The summed E-state index contributed by atoms with van der Waals surface area (Å²) in [5, 5.41) is 25.5. The molecule has 3 aromatic heterocycles. The molecule has 3 aliphatic carbocycles. The Morgan fingerprint density at radius 2 is 0.760 bits per heavy atom. The summed E-state index contributed by atoms with van der Waals surface area (Å²) in [5.41, 5.74) is 48.1. The number of hydrogen-bond donors (Lipinski definition) is 4. The zero-order valence-electron chi connectivity index (χ0n) is 42.4. The van der Waals surface area contributed by atoms with E-state index in [9.17, 15) is 14.4 Å². The molecule has 0 fully saturated rings. The number of aromatic nitrogens is 6. The van der Waals surface area contributed by atoms with Crippen LogP contribution in [0, 0.1) is 53.7 Å². The van der Waals surface area contributed by atoms with Gasteiger partial charge in [-0.1, -0.05) is 97.3 Å². The van der Waals surface area contributed by atoms with Crippen molar-refractivity contribution in [1.29, 1.82) is 0 Å². The smallest absolute Gasteiger partial charge is 0.269 e. The molecule has 15 heteroatoms. The minimum atomic E-state index is -0.552. The van der Waals surface area contributed by atoms with Crippen LogP contribution in [0.1, 0.15) is 98.2 Å². The summed E-state index contributed by atoms with van der Waals surface area (Å²) in [5.74, 6) is -1.62. The van der Waals surface area contributed by atoms with Crippen LogP contribution in [0.25, 0.3) is 67.2 Å². The topological polar surface area (TPSA) is 233 Å². The third kappa shape index (κ3) is 10.1. The molecule has 75 heavy (non-hydrogen) atoms. The van der Waals surface area contributed by atoms with E-state index in [2.05, 4.69) is 118 Å². The minimum absolute atomic E-state index is 0. The molecular weight excluding hydrogens is 1090 g/mol. The largest absolute Gasteiger partial charge is 0.398 e. The molecule has 0 saturated heterocycles. The van der Waals surface area contributed by atoms with Gasteiger partial charge in [0.05, 0.1) is 0 Å². The number of hydrogen-bond acceptors (Lipinski definition) is 10. The van der Waals surface area contributed by atoms with Crippen LogP contribution in [0.15, 0.2) is 109 Å². The van der Waals surface area contributed by atoms with Gasteiger partial charge in [-0.15, -0.1) is 31.5 Å². The molecule has 3 heterocycles. The van der Waals surface area contributed by atoms with Crippen molar-refractivity contribution < 1.29 is 79.8 Å². The van der Waals surface area contributed by atoms with Crippen molar-refractivity contribution in [3.63, 3.8) is 0 Å². The van der Waals surface area contributed by atoms with E-state index in [0.29, 0.717) is 24.9 Å². The predicted molar refractivity (Wildman–Crippen MR) is 283 cm³/mol. The fourth-order valence-corrected chi connectivity index (χ4v) is 10.3. The van der Waals surface area contributed by atoms with Gasteiger partial charge in [0.25, 0.3) is 17.7 Å². The Labute approximate surface area is 485 Å². The molecule has 0 atom stereocenters. The number of aryl methyl sites for hydroxylation is 5. The Balaban J connectivity index is 0.000000147. The van der Waals surface area contributed by atoms with E-state index in [4.69, 9.17) is 22.9 Å². The summed E-state index contributed by atoms with van der Waals surface area (Å²) in [6, 6.07) is 42.7. The SMILES string of the molecule is Cc1ccc2c(c1)Cc1c(C(N)=O)nnc(-c3ccc[c-]c3C)c1-2.Cc1ccc2c(c1)Cc1c(C(N)=O)nnc(-c3ccc[c-]c3C)c1-2.Cc1ccc2c(c1)Cc1c(C(N)=O)nnc(-c3cccc(N)c3C)c1-2.[Y].[Y]. The molecular formula is C60H50N10O3Y2-2. The maximum atomic E-state index is 11.8. The summed E-state index contributed by atoms with van der Waals surface area (Å²) in [6.07, 6.45) is 1.94. The summed E-state index contributed by atoms with van der Waals surface area (Å²) in [6.45, 7) is 12.1. The average molecular weight is 1140 g/mol.